The maximum absolute atomic E-state index is 12.3. The fraction of sp³-hybridized carbons (Fsp3) is 0.143. The Morgan fingerprint density at radius 1 is 1.13 bits per heavy atom. The molecular formula is C21H19N5O3S. The van der Waals surface area contributed by atoms with Gasteiger partial charge in [0, 0.05) is 18.0 Å². The van der Waals surface area contributed by atoms with Gasteiger partial charge in [0.25, 0.3) is 0 Å². The maximum atomic E-state index is 12.3. The number of amides is 1. The first-order valence-corrected chi connectivity index (χ1v) is 10.2. The van der Waals surface area contributed by atoms with Crippen LogP contribution in [0.25, 0.3) is 17.1 Å². The van der Waals surface area contributed by atoms with Crippen LogP contribution in [-0.4, -0.2) is 38.5 Å². The molecule has 0 aliphatic carbocycles. The molecule has 3 heterocycles. The molecular weight excluding hydrogens is 402 g/mol. The van der Waals surface area contributed by atoms with E-state index in [4.69, 9.17) is 9.15 Å². The molecule has 0 saturated heterocycles. The lowest BCUT2D eigenvalue weighted by molar-refractivity contribution is -0.118. The number of benzene rings is 1. The van der Waals surface area contributed by atoms with Gasteiger partial charge in [-0.3, -0.25) is 14.3 Å². The average Bonchev–Trinajstić information content (AvgIpc) is 3.46. The second kappa shape index (κ2) is 9.27. The van der Waals surface area contributed by atoms with Crippen molar-refractivity contribution in [1.29, 1.82) is 0 Å². The van der Waals surface area contributed by atoms with E-state index in [9.17, 15) is 4.79 Å². The van der Waals surface area contributed by atoms with Crippen LogP contribution in [0.4, 0.5) is 0 Å². The molecule has 4 aromatic rings. The molecule has 0 atom stereocenters. The van der Waals surface area contributed by atoms with Gasteiger partial charge in [-0.25, -0.2) is 0 Å². The molecule has 0 aliphatic rings. The fourth-order valence-corrected chi connectivity index (χ4v) is 3.64. The molecule has 3 aromatic heterocycles. The fourth-order valence-electron chi connectivity index (χ4n) is 2.86. The molecule has 9 heteroatoms. The van der Waals surface area contributed by atoms with Crippen molar-refractivity contribution in [2.24, 2.45) is 0 Å². The number of carbonyl (C=O) groups excluding carboxylic acids is 1. The number of furan rings is 1. The van der Waals surface area contributed by atoms with Crippen LogP contribution in [0.3, 0.4) is 0 Å². The van der Waals surface area contributed by atoms with E-state index in [-0.39, 0.29) is 11.7 Å². The zero-order chi connectivity index (χ0) is 20.8. The summed E-state index contributed by atoms with van der Waals surface area (Å²) in [5.41, 5.74) is 1.65. The SMILES string of the molecule is COc1ccccc1-n1c(SCC(=O)NCc2ccco2)nnc1-c1ccncc1. The Labute approximate surface area is 177 Å². The molecule has 0 aliphatic heterocycles. The molecule has 8 nitrogen and oxygen atoms in total. The predicted octanol–water partition coefficient (Wildman–Crippen LogP) is 3.34. The molecule has 1 N–H and O–H groups in total. The van der Waals surface area contributed by atoms with Crippen LogP contribution in [-0.2, 0) is 11.3 Å². The molecule has 0 bridgehead atoms. The zero-order valence-electron chi connectivity index (χ0n) is 16.2. The summed E-state index contributed by atoms with van der Waals surface area (Å²) < 4.78 is 12.7. The second-order valence-electron chi connectivity index (χ2n) is 6.19. The highest BCUT2D eigenvalue weighted by molar-refractivity contribution is 7.99. The number of hydrogen-bond donors (Lipinski definition) is 1. The summed E-state index contributed by atoms with van der Waals surface area (Å²) >= 11 is 1.30. The Kier molecular flexibility index (Phi) is 6.09. The molecule has 0 radical (unpaired) electrons. The molecule has 152 valence electrons. The van der Waals surface area contributed by atoms with Crippen molar-refractivity contribution < 1.29 is 13.9 Å². The van der Waals surface area contributed by atoms with Crippen LogP contribution in [0.5, 0.6) is 5.75 Å². The van der Waals surface area contributed by atoms with Gasteiger partial charge in [-0.1, -0.05) is 23.9 Å². The van der Waals surface area contributed by atoms with Crippen molar-refractivity contribution in [3.8, 4) is 22.8 Å². The van der Waals surface area contributed by atoms with Gasteiger partial charge < -0.3 is 14.5 Å². The van der Waals surface area contributed by atoms with E-state index in [1.54, 1.807) is 31.8 Å². The predicted molar refractivity (Wildman–Crippen MR) is 112 cm³/mol. The average molecular weight is 421 g/mol. The molecule has 0 fully saturated rings. The third kappa shape index (κ3) is 4.36. The molecule has 0 unspecified atom stereocenters. The normalized spacial score (nSPS) is 10.7. The standard InChI is InChI=1S/C21H19N5O3S/c1-28-18-7-3-2-6-17(18)26-20(15-8-10-22-11-9-15)24-25-21(26)30-14-19(27)23-13-16-5-4-12-29-16/h2-12H,13-14H2,1H3,(H,23,27). The summed E-state index contributed by atoms with van der Waals surface area (Å²) in [6.07, 6.45) is 4.98. The highest BCUT2D eigenvalue weighted by atomic mass is 32.2. The van der Waals surface area contributed by atoms with Gasteiger partial charge in [0.2, 0.25) is 5.91 Å². The number of hydrogen-bond acceptors (Lipinski definition) is 7. The number of methoxy groups -OCH3 is 1. The van der Waals surface area contributed by atoms with Gasteiger partial charge in [-0.2, -0.15) is 0 Å². The first-order valence-electron chi connectivity index (χ1n) is 9.17. The summed E-state index contributed by atoms with van der Waals surface area (Å²) in [6.45, 7) is 0.341. The smallest absolute Gasteiger partial charge is 0.230 e. The number of nitrogens with one attached hydrogen (secondary N) is 1. The van der Waals surface area contributed by atoms with Crippen molar-refractivity contribution in [2.75, 3.05) is 12.9 Å². The Morgan fingerprint density at radius 3 is 2.73 bits per heavy atom. The lowest BCUT2D eigenvalue weighted by Crippen LogP contribution is -2.24. The first-order chi connectivity index (χ1) is 14.8. The highest BCUT2D eigenvalue weighted by Crippen LogP contribution is 2.32. The lowest BCUT2D eigenvalue weighted by Gasteiger charge is -2.13. The van der Waals surface area contributed by atoms with Gasteiger partial charge in [-0.05, 0) is 36.4 Å². The van der Waals surface area contributed by atoms with Crippen LogP contribution in [0.1, 0.15) is 5.76 Å². The van der Waals surface area contributed by atoms with Crippen LogP contribution in [0, 0.1) is 0 Å². The lowest BCUT2D eigenvalue weighted by atomic mass is 10.2. The van der Waals surface area contributed by atoms with Crippen molar-refractivity contribution in [1.82, 2.24) is 25.1 Å². The molecule has 1 aromatic carbocycles. The Hall–Kier alpha value is -3.59. The third-order valence-electron chi connectivity index (χ3n) is 4.27. The summed E-state index contributed by atoms with van der Waals surface area (Å²) in [4.78, 5) is 16.4. The molecule has 0 spiro atoms. The maximum Gasteiger partial charge on any atom is 0.230 e. The minimum Gasteiger partial charge on any atom is -0.495 e. The summed E-state index contributed by atoms with van der Waals surface area (Å²) in [7, 11) is 1.62. The van der Waals surface area contributed by atoms with E-state index < -0.39 is 0 Å². The Bertz CT molecular complexity index is 1110. The number of pyridine rings is 1. The highest BCUT2D eigenvalue weighted by Gasteiger charge is 2.19. The minimum absolute atomic E-state index is 0.128. The number of carbonyl (C=O) groups is 1. The molecule has 4 rings (SSSR count). The van der Waals surface area contributed by atoms with Crippen LogP contribution < -0.4 is 10.1 Å². The van der Waals surface area contributed by atoms with Crippen molar-refractivity contribution in [2.45, 2.75) is 11.7 Å². The molecule has 1 amide bonds. The van der Waals surface area contributed by atoms with Gasteiger partial charge in [0.05, 0.1) is 31.4 Å². The number of ether oxygens (including phenoxy) is 1. The number of nitrogens with zero attached hydrogens (tertiary/aromatic N) is 4. The summed E-state index contributed by atoms with van der Waals surface area (Å²) in [5.74, 6) is 2.07. The first kappa shape index (κ1) is 19.7. The molecule has 0 saturated carbocycles. The van der Waals surface area contributed by atoms with Crippen LogP contribution in [0.15, 0.2) is 76.8 Å². The van der Waals surface area contributed by atoms with Crippen LogP contribution in [0.2, 0.25) is 0 Å². The Morgan fingerprint density at radius 2 is 1.97 bits per heavy atom. The zero-order valence-corrected chi connectivity index (χ0v) is 17.0. The summed E-state index contributed by atoms with van der Waals surface area (Å²) in [6, 6.07) is 14.9. The van der Waals surface area contributed by atoms with Crippen LogP contribution >= 0.6 is 11.8 Å². The van der Waals surface area contributed by atoms with E-state index in [2.05, 4.69) is 20.5 Å². The van der Waals surface area contributed by atoms with E-state index >= 15 is 0 Å². The molecule has 30 heavy (non-hydrogen) atoms. The minimum atomic E-state index is -0.128. The van der Waals surface area contributed by atoms with Crippen molar-refractivity contribution in [3.63, 3.8) is 0 Å². The quantitative estimate of drug-likeness (QED) is 0.436. The second-order valence-corrected chi connectivity index (χ2v) is 7.14. The number of aromatic nitrogens is 4. The van der Waals surface area contributed by atoms with E-state index in [1.165, 1.54) is 11.8 Å². The summed E-state index contributed by atoms with van der Waals surface area (Å²) in [5, 5.41) is 12.1. The Balaban J connectivity index is 1.60. The van der Waals surface area contributed by atoms with E-state index in [0.29, 0.717) is 29.0 Å². The van der Waals surface area contributed by atoms with Crippen molar-refractivity contribution in [3.05, 3.63) is 72.9 Å². The van der Waals surface area contributed by atoms with E-state index in [1.807, 2.05) is 47.0 Å². The van der Waals surface area contributed by atoms with Gasteiger partial charge in [-0.15, -0.1) is 10.2 Å². The van der Waals surface area contributed by atoms with Crippen molar-refractivity contribution >= 4 is 17.7 Å². The van der Waals surface area contributed by atoms with Gasteiger partial charge in [0.1, 0.15) is 11.5 Å². The van der Waals surface area contributed by atoms with Gasteiger partial charge in [0.15, 0.2) is 11.0 Å². The monoisotopic (exact) mass is 421 g/mol. The number of rotatable bonds is 8. The van der Waals surface area contributed by atoms with E-state index in [0.717, 1.165) is 11.3 Å². The number of para-hydroxylation sites is 2. The third-order valence-corrected chi connectivity index (χ3v) is 5.20. The largest absolute Gasteiger partial charge is 0.495 e. The van der Waals surface area contributed by atoms with Gasteiger partial charge >= 0.3 is 0 Å². The number of thioether (sulfide) groups is 1. The topological polar surface area (TPSA) is 95.1 Å².